The number of ether oxygens (including phenoxy) is 2. The maximum Gasteiger partial charge on any atom is 0.257 e. The van der Waals surface area contributed by atoms with E-state index in [1.165, 1.54) is 7.11 Å². The Labute approximate surface area is 188 Å². The summed E-state index contributed by atoms with van der Waals surface area (Å²) < 4.78 is 10.7. The van der Waals surface area contributed by atoms with E-state index in [1.807, 2.05) is 23.1 Å². The summed E-state index contributed by atoms with van der Waals surface area (Å²) in [7, 11) is 3.20. The zero-order valence-corrected chi connectivity index (χ0v) is 18.8. The number of anilines is 1. The molecular formula is C20H26Cl3N3O3. The van der Waals surface area contributed by atoms with Crippen LogP contribution in [0.15, 0.2) is 36.4 Å². The van der Waals surface area contributed by atoms with E-state index in [4.69, 9.17) is 26.8 Å². The SMILES string of the molecule is COc1ccccc1CN1CCN(C(=O)c2cc(Cl)c(N)cc2OC)CC1.Cl.Cl. The first kappa shape index (κ1) is 25.2. The Balaban J connectivity index is 0.00000210. The van der Waals surface area contributed by atoms with Crippen LogP contribution in [-0.2, 0) is 6.54 Å². The second-order valence-corrected chi connectivity index (χ2v) is 6.86. The number of hydrogen-bond acceptors (Lipinski definition) is 5. The molecule has 2 aromatic carbocycles. The molecule has 1 aliphatic rings. The van der Waals surface area contributed by atoms with E-state index < -0.39 is 0 Å². The standard InChI is InChI=1S/C20H24ClN3O3.2ClH/c1-26-18-6-4-3-5-14(18)13-23-7-9-24(10-8-23)20(25)15-11-16(21)17(22)12-19(15)27-2;;/h3-6,11-12H,7-10,13,22H2,1-2H3;2*1H. The van der Waals surface area contributed by atoms with Crippen molar-refractivity contribution in [1.29, 1.82) is 0 Å². The third-order valence-electron chi connectivity index (χ3n) is 4.80. The lowest BCUT2D eigenvalue weighted by molar-refractivity contribution is 0.0624. The van der Waals surface area contributed by atoms with E-state index in [1.54, 1.807) is 19.2 Å². The van der Waals surface area contributed by atoms with E-state index in [0.717, 1.165) is 30.9 Å². The Morgan fingerprint density at radius 1 is 1.03 bits per heavy atom. The van der Waals surface area contributed by atoms with Gasteiger partial charge in [0.1, 0.15) is 11.5 Å². The van der Waals surface area contributed by atoms with Crippen molar-refractivity contribution in [3.63, 3.8) is 0 Å². The minimum atomic E-state index is -0.0920. The van der Waals surface area contributed by atoms with Gasteiger partial charge in [-0.2, -0.15) is 0 Å². The third-order valence-corrected chi connectivity index (χ3v) is 5.12. The summed E-state index contributed by atoms with van der Waals surface area (Å²) in [6.07, 6.45) is 0. The summed E-state index contributed by atoms with van der Waals surface area (Å²) in [5.41, 5.74) is 7.79. The van der Waals surface area contributed by atoms with Crippen LogP contribution in [0, 0.1) is 0 Å². The molecule has 0 aromatic heterocycles. The highest BCUT2D eigenvalue weighted by molar-refractivity contribution is 6.33. The molecule has 2 aromatic rings. The molecule has 1 aliphatic heterocycles. The average Bonchev–Trinajstić information content (AvgIpc) is 2.70. The number of methoxy groups -OCH3 is 2. The molecular weight excluding hydrogens is 437 g/mol. The number of nitrogen functional groups attached to an aromatic ring is 1. The number of carbonyl (C=O) groups is 1. The average molecular weight is 463 g/mol. The zero-order valence-electron chi connectivity index (χ0n) is 16.4. The highest BCUT2D eigenvalue weighted by atomic mass is 35.5. The normalized spacial score (nSPS) is 13.8. The van der Waals surface area contributed by atoms with Gasteiger partial charge in [0, 0.05) is 44.4 Å². The summed E-state index contributed by atoms with van der Waals surface area (Å²) in [5.74, 6) is 1.24. The number of hydrogen-bond donors (Lipinski definition) is 1. The predicted octanol–water partition coefficient (Wildman–Crippen LogP) is 3.74. The van der Waals surface area contributed by atoms with Crippen molar-refractivity contribution in [2.24, 2.45) is 0 Å². The number of nitrogens with zero attached hydrogens (tertiary/aromatic N) is 2. The lowest BCUT2D eigenvalue weighted by Crippen LogP contribution is -2.48. The molecule has 0 bridgehead atoms. The quantitative estimate of drug-likeness (QED) is 0.686. The Morgan fingerprint density at radius 2 is 1.66 bits per heavy atom. The first-order valence-electron chi connectivity index (χ1n) is 8.80. The fourth-order valence-corrected chi connectivity index (χ4v) is 3.42. The van der Waals surface area contributed by atoms with Gasteiger partial charge in [0.2, 0.25) is 0 Å². The topological polar surface area (TPSA) is 68.0 Å². The fraction of sp³-hybridized carbons (Fsp3) is 0.350. The highest BCUT2D eigenvalue weighted by Gasteiger charge is 2.25. The first-order chi connectivity index (χ1) is 13.0. The fourth-order valence-electron chi connectivity index (χ4n) is 3.26. The van der Waals surface area contributed by atoms with Crippen molar-refractivity contribution in [1.82, 2.24) is 9.80 Å². The second kappa shape index (κ2) is 11.4. The molecule has 9 heteroatoms. The summed E-state index contributed by atoms with van der Waals surface area (Å²) >= 11 is 6.10. The van der Waals surface area contributed by atoms with Gasteiger partial charge >= 0.3 is 0 Å². The summed E-state index contributed by atoms with van der Waals surface area (Å²) in [4.78, 5) is 17.1. The van der Waals surface area contributed by atoms with Gasteiger partial charge in [0.15, 0.2) is 0 Å². The minimum absolute atomic E-state index is 0. The molecule has 0 saturated carbocycles. The Bertz CT molecular complexity index is 828. The van der Waals surface area contributed by atoms with Crippen molar-refractivity contribution >= 4 is 48.0 Å². The lowest BCUT2D eigenvalue weighted by atomic mass is 10.1. The summed E-state index contributed by atoms with van der Waals surface area (Å²) in [6, 6.07) is 11.2. The molecule has 0 aliphatic carbocycles. The maximum absolute atomic E-state index is 12.9. The zero-order chi connectivity index (χ0) is 19.4. The van der Waals surface area contributed by atoms with Crippen LogP contribution in [0.5, 0.6) is 11.5 Å². The highest BCUT2D eigenvalue weighted by Crippen LogP contribution is 2.30. The van der Waals surface area contributed by atoms with Crippen LogP contribution in [-0.4, -0.2) is 56.1 Å². The van der Waals surface area contributed by atoms with Gasteiger partial charge < -0.3 is 20.1 Å². The minimum Gasteiger partial charge on any atom is -0.496 e. The van der Waals surface area contributed by atoms with Crippen LogP contribution in [0.1, 0.15) is 15.9 Å². The number of benzene rings is 2. The molecule has 3 rings (SSSR count). The molecule has 1 fully saturated rings. The summed E-state index contributed by atoms with van der Waals surface area (Å²) in [6.45, 7) is 3.64. The van der Waals surface area contributed by atoms with Gasteiger partial charge in [-0.1, -0.05) is 29.8 Å². The predicted molar refractivity (Wildman–Crippen MR) is 121 cm³/mol. The van der Waals surface area contributed by atoms with E-state index in [9.17, 15) is 4.79 Å². The summed E-state index contributed by atoms with van der Waals surface area (Å²) in [5, 5.41) is 0.356. The van der Waals surface area contributed by atoms with E-state index in [0.29, 0.717) is 35.1 Å². The van der Waals surface area contributed by atoms with Crippen LogP contribution in [0.2, 0.25) is 5.02 Å². The largest absolute Gasteiger partial charge is 0.496 e. The Kier molecular flexibility index (Phi) is 9.86. The Hall–Kier alpha value is -1.86. The van der Waals surface area contributed by atoms with Crippen LogP contribution in [0.25, 0.3) is 0 Å². The molecule has 0 radical (unpaired) electrons. The van der Waals surface area contributed by atoms with Gasteiger partial charge in [-0.15, -0.1) is 24.8 Å². The first-order valence-corrected chi connectivity index (χ1v) is 9.17. The van der Waals surface area contributed by atoms with Gasteiger partial charge in [-0.05, 0) is 12.1 Å². The van der Waals surface area contributed by atoms with Crippen LogP contribution < -0.4 is 15.2 Å². The third kappa shape index (κ3) is 5.82. The molecule has 6 nitrogen and oxygen atoms in total. The van der Waals surface area contributed by atoms with Crippen LogP contribution in [0.3, 0.4) is 0 Å². The number of para-hydroxylation sites is 1. The molecule has 1 saturated heterocycles. The molecule has 0 unspecified atom stereocenters. The van der Waals surface area contributed by atoms with Crippen molar-refractivity contribution in [2.45, 2.75) is 6.54 Å². The van der Waals surface area contributed by atoms with E-state index >= 15 is 0 Å². The van der Waals surface area contributed by atoms with Crippen LogP contribution in [0.4, 0.5) is 5.69 Å². The molecule has 0 spiro atoms. The van der Waals surface area contributed by atoms with Crippen molar-refractivity contribution in [3.8, 4) is 11.5 Å². The number of amides is 1. The molecule has 1 amide bonds. The number of halogens is 3. The molecule has 160 valence electrons. The lowest BCUT2D eigenvalue weighted by Gasteiger charge is -2.35. The van der Waals surface area contributed by atoms with E-state index in [2.05, 4.69) is 11.0 Å². The van der Waals surface area contributed by atoms with Gasteiger partial charge in [-0.3, -0.25) is 9.69 Å². The second-order valence-electron chi connectivity index (χ2n) is 6.45. The molecule has 0 atom stereocenters. The smallest absolute Gasteiger partial charge is 0.257 e. The Morgan fingerprint density at radius 3 is 2.28 bits per heavy atom. The molecule has 2 N–H and O–H groups in total. The van der Waals surface area contributed by atoms with Gasteiger partial charge in [0.05, 0.1) is 30.5 Å². The van der Waals surface area contributed by atoms with Crippen molar-refractivity contribution in [2.75, 3.05) is 46.1 Å². The maximum atomic E-state index is 12.9. The van der Waals surface area contributed by atoms with E-state index in [-0.39, 0.29) is 30.7 Å². The number of piperazine rings is 1. The number of nitrogens with two attached hydrogens (primary N) is 1. The van der Waals surface area contributed by atoms with Gasteiger partial charge in [0.25, 0.3) is 5.91 Å². The number of carbonyl (C=O) groups excluding carboxylic acids is 1. The number of rotatable bonds is 5. The van der Waals surface area contributed by atoms with Crippen molar-refractivity contribution in [3.05, 3.63) is 52.5 Å². The van der Waals surface area contributed by atoms with Crippen LogP contribution >= 0.6 is 36.4 Å². The van der Waals surface area contributed by atoms with Gasteiger partial charge in [-0.25, -0.2) is 0 Å². The van der Waals surface area contributed by atoms with Crippen molar-refractivity contribution < 1.29 is 14.3 Å². The molecule has 1 heterocycles. The monoisotopic (exact) mass is 461 g/mol. The molecule has 29 heavy (non-hydrogen) atoms.